The summed E-state index contributed by atoms with van der Waals surface area (Å²) in [6.07, 6.45) is 11.5. The molecule has 0 saturated heterocycles. The van der Waals surface area contributed by atoms with Gasteiger partial charge in [-0.25, -0.2) is 0 Å². The van der Waals surface area contributed by atoms with Crippen molar-refractivity contribution in [3.8, 4) is 0 Å². The standard InChI is InChI=1S/C15H27NO3S.C13H24O3.C11H19NO3S.C4H12N2S2/c1-14(2,3)19-13(18)10-15(11-16-8-9-20)6-4-12(17)5-7-15;1-12(2,3)16-11(14)10-13(15-4)8-6-5-7-9-13;13-9-1-3-11(4-2-9,7-10(14)15)8-12-5-6-16;5-1-3-7-8-4-2-6/h16,20H,4-11H2,1-3H3;5-10H2,1-4H3;12,16H,1-8H2,(H,14,15);1-6H2. The molecule has 0 heterocycles. The Labute approximate surface area is 381 Å². The minimum absolute atomic E-state index is 0.140. The summed E-state index contributed by atoms with van der Waals surface area (Å²) in [5, 5.41) is 15.5. The normalized spacial score (nSPS) is 18.3. The molecular formula is C43H82N4O9S4. The molecule has 0 radical (unpaired) electrons. The molecule has 0 aromatic carbocycles. The van der Waals surface area contributed by atoms with E-state index in [1.54, 1.807) is 28.7 Å². The van der Waals surface area contributed by atoms with Crippen molar-refractivity contribution in [1.82, 2.24) is 10.6 Å². The van der Waals surface area contributed by atoms with Gasteiger partial charge in [-0.15, -0.1) is 0 Å². The molecule has 13 nitrogen and oxygen atoms in total. The van der Waals surface area contributed by atoms with E-state index in [0.717, 1.165) is 94.3 Å². The number of methoxy groups -OCH3 is 1. The molecule has 0 aromatic rings. The van der Waals surface area contributed by atoms with Crippen LogP contribution in [-0.2, 0) is 38.2 Å². The molecular weight excluding hydrogens is 845 g/mol. The third kappa shape index (κ3) is 29.3. The fourth-order valence-corrected chi connectivity index (χ4v) is 9.35. The van der Waals surface area contributed by atoms with Crippen LogP contribution in [0.5, 0.6) is 0 Å². The van der Waals surface area contributed by atoms with E-state index >= 15 is 0 Å². The van der Waals surface area contributed by atoms with Gasteiger partial charge in [-0.2, -0.15) is 25.3 Å². The average molecular weight is 927 g/mol. The molecule has 3 aliphatic rings. The van der Waals surface area contributed by atoms with Crippen molar-refractivity contribution in [2.24, 2.45) is 22.3 Å². The smallest absolute Gasteiger partial charge is 0.309 e. The van der Waals surface area contributed by atoms with Crippen LogP contribution in [0, 0.1) is 10.8 Å². The van der Waals surface area contributed by atoms with Gasteiger partial charge in [0.05, 0.1) is 24.9 Å². The first-order valence-corrected chi connectivity index (χ1v) is 25.4. The zero-order valence-electron chi connectivity index (χ0n) is 38.0. The summed E-state index contributed by atoms with van der Waals surface area (Å²) < 4.78 is 16.3. The Kier molecular flexibility index (Phi) is 31.2. The van der Waals surface area contributed by atoms with Crippen molar-refractivity contribution < 1.29 is 43.3 Å². The number of Topliss-reactive ketones (excluding diaryl/α,β-unsaturated/α-hetero) is 2. The number of carboxylic acids is 1. The maximum Gasteiger partial charge on any atom is 0.309 e. The van der Waals surface area contributed by atoms with E-state index in [2.05, 4.69) is 35.9 Å². The Hall–Kier alpha value is -1.05. The van der Waals surface area contributed by atoms with Gasteiger partial charge in [0, 0.05) is 95.1 Å². The van der Waals surface area contributed by atoms with Crippen LogP contribution in [0.2, 0.25) is 0 Å². The number of nitrogens with two attached hydrogens (primary N) is 2. The van der Waals surface area contributed by atoms with Gasteiger partial charge in [0.25, 0.3) is 0 Å². The zero-order chi connectivity index (χ0) is 45.7. The molecule has 352 valence electrons. The fraction of sp³-hybridized carbons (Fsp3) is 0.884. The fourth-order valence-electron chi connectivity index (χ4n) is 7.32. The third-order valence-corrected chi connectivity index (χ3v) is 13.3. The molecule has 3 aliphatic carbocycles. The predicted molar refractivity (Wildman–Crippen MR) is 254 cm³/mol. The molecule has 0 spiro atoms. The average Bonchev–Trinajstić information content (AvgIpc) is 3.15. The largest absolute Gasteiger partial charge is 0.481 e. The van der Waals surface area contributed by atoms with Crippen molar-refractivity contribution in [3.63, 3.8) is 0 Å². The number of thiol groups is 2. The quantitative estimate of drug-likeness (QED) is 0.0289. The number of ether oxygens (including phenoxy) is 3. The van der Waals surface area contributed by atoms with Crippen LogP contribution in [-0.4, -0.2) is 121 Å². The maximum atomic E-state index is 12.1. The summed E-state index contributed by atoms with van der Waals surface area (Å²) in [6, 6.07) is 0. The third-order valence-electron chi connectivity index (χ3n) is 10.3. The van der Waals surface area contributed by atoms with Gasteiger partial charge in [0.2, 0.25) is 0 Å². The molecule has 3 saturated carbocycles. The lowest BCUT2D eigenvalue weighted by atomic mass is 9.71. The number of carbonyl (C=O) groups is 5. The van der Waals surface area contributed by atoms with Crippen LogP contribution >= 0.6 is 46.8 Å². The molecule has 0 bridgehead atoms. The number of ketones is 2. The van der Waals surface area contributed by atoms with E-state index in [-0.39, 0.29) is 40.6 Å². The molecule has 0 unspecified atom stereocenters. The van der Waals surface area contributed by atoms with Gasteiger partial charge in [0.1, 0.15) is 22.8 Å². The number of carboxylic acid groups (broad SMARTS) is 1. The molecule has 7 N–H and O–H groups in total. The summed E-state index contributed by atoms with van der Waals surface area (Å²) in [7, 11) is 5.28. The monoisotopic (exact) mass is 926 g/mol. The van der Waals surface area contributed by atoms with Crippen molar-refractivity contribution in [1.29, 1.82) is 0 Å². The van der Waals surface area contributed by atoms with Gasteiger partial charge in [0.15, 0.2) is 0 Å². The number of hydrogen-bond donors (Lipinski definition) is 7. The SMILES string of the molecule is CC(C)(C)OC(=O)CC1(CNCCS)CCC(=O)CC1.COC1(CC(=O)OC(C)(C)C)CCCCC1.NCCSSCCN.O=C(O)CC1(CNCCS)CCC(=O)CC1. The first-order chi connectivity index (χ1) is 28.1. The minimum Gasteiger partial charge on any atom is -0.481 e. The summed E-state index contributed by atoms with van der Waals surface area (Å²) in [4.78, 5) is 57.4. The summed E-state index contributed by atoms with van der Waals surface area (Å²) in [6.45, 7) is 15.9. The van der Waals surface area contributed by atoms with E-state index < -0.39 is 17.2 Å². The van der Waals surface area contributed by atoms with Crippen LogP contribution < -0.4 is 22.1 Å². The van der Waals surface area contributed by atoms with Crippen LogP contribution in [0.25, 0.3) is 0 Å². The van der Waals surface area contributed by atoms with Crippen molar-refractivity contribution in [2.45, 2.75) is 161 Å². The number of rotatable bonds is 20. The molecule has 3 fully saturated rings. The Morgan fingerprint density at radius 1 is 0.667 bits per heavy atom. The highest BCUT2D eigenvalue weighted by molar-refractivity contribution is 8.76. The lowest BCUT2D eigenvalue weighted by Crippen LogP contribution is -2.41. The van der Waals surface area contributed by atoms with E-state index in [1.807, 2.05) is 41.5 Å². The maximum absolute atomic E-state index is 12.1. The van der Waals surface area contributed by atoms with E-state index in [0.29, 0.717) is 63.7 Å². The Balaban J connectivity index is 0.000000804. The molecule has 17 heteroatoms. The van der Waals surface area contributed by atoms with Crippen LogP contribution in [0.4, 0.5) is 0 Å². The first-order valence-electron chi connectivity index (χ1n) is 21.6. The van der Waals surface area contributed by atoms with Crippen LogP contribution in [0.3, 0.4) is 0 Å². The highest BCUT2D eigenvalue weighted by Gasteiger charge is 2.39. The molecule has 0 atom stereocenters. The second-order valence-electron chi connectivity index (χ2n) is 18.1. The van der Waals surface area contributed by atoms with Crippen LogP contribution in [0.15, 0.2) is 0 Å². The number of aliphatic carboxylic acids is 1. The summed E-state index contributed by atoms with van der Waals surface area (Å²) in [5.41, 5.74) is 9.00. The Bertz CT molecular complexity index is 1220. The lowest BCUT2D eigenvalue weighted by molar-refractivity contribution is -0.163. The number of esters is 2. The first kappa shape index (κ1) is 58.9. The Morgan fingerprint density at radius 3 is 1.38 bits per heavy atom. The number of carbonyl (C=O) groups excluding carboxylic acids is 4. The zero-order valence-corrected chi connectivity index (χ0v) is 41.4. The minimum atomic E-state index is -0.776. The van der Waals surface area contributed by atoms with Crippen molar-refractivity contribution >= 4 is 76.3 Å². The topological polar surface area (TPSA) is 209 Å². The van der Waals surface area contributed by atoms with Crippen molar-refractivity contribution in [3.05, 3.63) is 0 Å². The molecule has 0 amide bonds. The Morgan fingerprint density at radius 2 is 1.05 bits per heavy atom. The summed E-state index contributed by atoms with van der Waals surface area (Å²) >= 11 is 8.27. The van der Waals surface area contributed by atoms with Gasteiger partial charge in [-0.1, -0.05) is 40.9 Å². The highest BCUT2D eigenvalue weighted by atomic mass is 33.1. The second kappa shape index (κ2) is 31.7. The van der Waals surface area contributed by atoms with Gasteiger partial charge in [-0.05, 0) is 90.9 Å². The number of nitrogens with one attached hydrogen (secondary N) is 2. The lowest BCUT2D eigenvalue weighted by Gasteiger charge is -2.37. The van der Waals surface area contributed by atoms with Gasteiger partial charge < -0.3 is 41.4 Å². The molecule has 0 aromatic heterocycles. The number of hydrogen-bond acceptors (Lipinski definition) is 16. The van der Waals surface area contributed by atoms with Gasteiger partial charge >= 0.3 is 17.9 Å². The second-order valence-corrected chi connectivity index (χ2v) is 21.7. The van der Waals surface area contributed by atoms with E-state index in [4.69, 9.17) is 30.8 Å². The van der Waals surface area contributed by atoms with Gasteiger partial charge in [-0.3, -0.25) is 24.0 Å². The summed E-state index contributed by atoms with van der Waals surface area (Å²) in [5.74, 6) is 3.05. The molecule has 60 heavy (non-hydrogen) atoms. The van der Waals surface area contributed by atoms with Crippen molar-refractivity contribution in [2.75, 3.05) is 69.4 Å². The molecule has 3 rings (SSSR count). The predicted octanol–water partition coefficient (Wildman–Crippen LogP) is 6.83. The van der Waals surface area contributed by atoms with E-state index in [9.17, 15) is 24.0 Å². The van der Waals surface area contributed by atoms with E-state index in [1.165, 1.54) is 6.42 Å². The molecule has 0 aliphatic heterocycles. The highest BCUT2D eigenvalue weighted by Crippen LogP contribution is 2.39. The van der Waals surface area contributed by atoms with Crippen LogP contribution in [0.1, 0.15) is 144 Å².